The van der Waals surface area contributed by atoms with Crippen molar-refractivity contribution >= 4 is 5.69 Å². The molecule has 124 valence electrons. The number of nitrogens with zero attached hydrogens (tertiary/aromatic N) is 4. The second-order valence-corrected chi connectivity index (χ2v) is 6.04. The normalized spacial score (nSPS) is 10.8. The van der Waals surface area contributed by atoms with Gasteiger partial charge in [0.2, 0.25) is 0 Å². The van der Waals surface area contributed by atoms with Gasteiger partial charge in [0.1, 0.15) is 0 Å². The van der Waals surface area contributed by atoms with Crippen LogP contribution in [0.25, 0.3) is 5.69 Å². The molecule has 3 rings (SSSR count). The van der Waals surface area contributed by atoms with Crippen molar-refractivity contribution in [2.75, 3.05) is 19.0 Å². The van der Waals surface area contributed by atoms with Gasteiger partial charge in [0.05, 0.1) is 24.2 Å². The van der Waals surface area contributed by atoms with Crippen molar-refractivity contribution in [2.45, 2.75) is 19.4 Å². The third-order valence-electron chi connectivity index (χ3n) is 4.05. The van der Waals surface area contributed by atoms with Crippen LogP contribution in [0.4, 0.5) is 5.69 Å². The van der Waals surface area contributed by atoms with Crippen molar-refractivity contribution in [3.63, 3.8) is 0 Å². The maximum absolute atomic E-state index is 9.07. The summed E-state index contributed by atoms with van der Waals surface area (Å²) in [6.07, 6.45) is 3.73. The molecule has 0 radical (unpaired) electrons. The summed E-state index contributed by atoms with van der Waals surface area (Å²) in [7, 11) is 4.05. The van der Waals surface area contributed by atoms with E-state index in [1.807, 2.05) is 49.2 Å². The summed E-state index contributed by atoms with van der Waals surface area (Å²) < 4.78 is 1.81. The molecule has 0 unspecified atom stereocenters. The zero-order valence-electron chi connectivity index (χ0n) is 14.1. The summed E-state index contributed by atoms with van der Waals surface area (Å²) in [6, 6.07) is 16.2. The molecule has 0 saturated heterocycles. The van der Waals surface area contributed by atoms with Crippen LogP contribution in [0.5, 0.6) is 0 Å². The Morgan fingerprint density at radius 2 is 1.58 bits per heavy atom. The first-order chi connectivity index (χ1) is 11.7. The molecule has 0 aliphatic carbocycles. The lowest BCUT2D eigenvalue weighted by Crippen LogP contribution is -2.08. The van der Waals surface area contributed by atoms with Crippen LogP contribution in [0.3, 0.4) is 0 Å². The van der Waals surface area contributed by atoms with E-state index in [-0.39, 0.29) is 6.61 Å². The van der Waals surface area contributed by atoms with Crippen LogP contribution in [-0.2, 0) is 19.4 Å². The monoisotopic (exact) mass is 322 g/mol. The molecule has 0 amide bonds. The predicted octanol–water partition coefficient (Wildman–Crippen LogP) is 2.61. The molecular weight excluding hydrogens is 300 g/mol. The molecule has 1 aromatic heterocycles. The Labute approximate surface area is 142 Å². The lowest BCUT2D eigenvalue weighted by atomic mass is 10.1. The van der Waals surface area contributed by atoms with E-state index >= 15 is 0 Å². The number of rotatable bonds is 6. The predicted molar refractivity (Wildman–Crippen MR) is 95.5 cm³/mol. The SMILES string of the molecule is CN(C)c1ccc(-n2cc(CCc3ccc(CO)cc3)nn2)cc1. The van der Waals surface area contributed by atoms with Crippen molar-refractivity contribution < 1.29 is 5.11 Å². The Morgan fingerprint density at radius 3 is 2.21 bits per heavy atom. The highest BCUT2D eigenvalue weighted by molar-refractivity contribution is 5.49. The van der Waals surface area contributed by atoms with E-state index in [2.05, 4.69) is 39.5 Å². The fraction of sp³-hybridized carbons (Fsp3) is 0.263. The van der Waals surface area contributed by atoms with Crippen molar-refractivity contribution in [2.24, 2.45) is 0 Å². The number of aliphatic hydroxyl groups is 1. The number of aromatic nitrogens is 3. The van der Waals surface area contributed by atoms with Gasteiger partial charge in [0.25, 0.3) is 0 Å². The van der Waals surface area contributed by atoms with Crippen molar-refractivity contribution in [1.29, 1.82) is 0 Å². The van der Waals surface area contributed by atoms with Crippen molar-refractivity contribution in [1.82, 2.24) is 15.0 Å². The van der Waals surface area contributed by atoms with Crippen LogP contribution in [0.2, 0.25) is 0 Å². The Hall–Kier alpha value is -2.66. The first-order valence-corrected chi connectivity index (χ1v) is 8.03. The average molecular weight is 322 g/mol. The number of aliphatic hydroxyl groups excluding tert-OH is 1. The molecule has 0 fully saturated rings. The molecule has 0 spiro atoms. The summed E-state index contributed by atoms with van der Waals surface area (Å²) >= 11 is 0. The summed E-state index contributed by atoms with van der Waals surface area (Å²) in [6.45, 7) is 0.0845. The highest BCUT2D eigenvalue weighted by Gasteiger charge is 2.04. The van der Waals surface area contributed by atoms with Gasteiger partial charge in [-0.25, -0.2) is 4.68 Å². The van der Waals surface area contributed by atoms with Crippen molar-refractivity contribution in [3.8, 4) is 5.69 Å². The number of anilines is 1. The lowest BCUT2D eigenvalue weighted by molar-refractivity contribution is 0.282. The molecule has 0 aliphatic rings. The molecule has 3 aromatic rings. The molecular formula is C19H22N4O. The minimum atomic E-state index is 0.0845. The van der Waals surface area contributed by atoms with Gasteiger partial charge in [-0.15, -0.1) is 5.10 Å². The summed E-state index contributed by atoms with van der Waals surface area (Å²) in [5.74, 6) is 0. The standard InChI is InChI=1S/C19H22N4O/c1-22(2)18-9-11-19(12-10-18)23-13-17(20-21-23)8-7-15-3-5-16(14-24)6-4-15/h3-6,9-13,24H,7-8,14H2,1-2H3. The molecule has 0 saturated carbocycles. The minimum Gasteiger partial charge on any atom is -0.392 e. The summed E-state index contributed by atoms with van der Waals surface area (Å²) in [5.41, 5.74) is 5.30. The van der Waals surface area contributed by atoms with Gasteiger partial charge in [-0.05, 0) is 48.2 Å². The van der Waals surface area contributed by atoms with Gasteiger partial charge >= 0.3 is 0 Å². The summed E-state index contributed by atoms with van der Waals surface area (Å²) in [5, 5.41) is 17.6. The summed E-state index contributed by atoms with van der Waals surface area (Å²) in [4.78, 5) is 2.07. The quantitative estimate of drug-likeness (QED) is 0.758. The molecule has 24 heavy (non-hydrogen) atoms. The maximum atomic E-state index is 9.07. The van der Waals surface area contributed by atoms with E-state index in [9.17, 15) is 0 Å². The zero-order valence-corrected chi connectivity index (χ0v) is 14.1. The molecule has 1 heterocycles. The second-order valence-electron chi connectivity index (χ2n) is 6.04. The van der Waals surface area contributed by atoms with Gasteiger partial charge in [0, 0.05) is 19.8 Å². The van der Waals surface area contributed by atoms with Gasteiger partial charge in [-0.3, -0.25) is 0 Å². The Kier molecular flexibility index (Phi) is 4.91. The highest BCUT2D eigenvalue weighted by atomic mass is 16.3. The van der Waals surface area contributed by atoms with Crippen LogP contribution in [0.15, 0.2) is 54.7 Å². The fourth-order valence-corrected chi connectivity index (χ4v) is 2.53. The molecule has 0 aliphatic heterocycles. The third-order valence-corrected chi connectivity index (χ3v) is 4.05. The lowest BCUT2D eigenvalue weighted by Gasteiger charge is -2.12. The molecule has 0 atom stereocenters. The van der Waals surface area contributed by atoms with E-state index in [0.717, 1.165) is 35.5 Å². The molecule has 5 heteroatoms. The van der Waals surface area contributed by atoms with E-state index in [1.165, 1.54) is 5.56 Å². The maximum Gasteiger partial charge on any atom is 0.0835 e. The topological polar surface area (TPSA) is 54.2 Å². The smallest absolute Gasteiger partial charge is 0.0835 e. The highest BCUT2D eigenvalue weighted by Crippen LogP contribution is 2.15. The van der Waals surface area contributed by atoms with E-state index in [1.54, 1.807) is 0 Å². The Morgan fingerprint density at radius 1 is 0.917 bits per heavy atom. The Balaban J connectivity index is 1.64. The first-order valence-electron chi connectivity index (χ1n) is 8.03. The van der Waals surface area contributed by atoms with Crippen LogP contribution in [0.1, 0.15) is 16.8 Å². The van der Waals surface area contributed by atoms with Gasteiger partial charge < -0.3 is 10.0 Å². The number of hydrogen-bond donors (Lipinski definition) is 1. The first kappa shape index (κ1) is 16.2. The largest absolute Gasteiger partial charge is 0.392 e. The van der Waals surface area contributed by atoms with E-state index in [0.29, 0.717) is 0 Å². The van der Waals surface area contributed by atoms with Crippen LogP contribution in [0, 0.1) is 0 Å². The van der Waals surface area contributed by atoms with Gasteiger partial charge in [-0.1, -0.05) is 29.5 Å². The molecule has 0 bridgehead atoms. The zero-order chi connectivity index (χ0) is 16.9. The van der Waals surface area contributed by atoms with Crippen LogP contribution >= 0.6 is 0 Å². The van der Waals surface area contributed by atoms with E-state index in [4.69, 9.17) is 5.11 Å². The third kappa shape index (κ3) is 3.81. The minimum absolute atomic E-state index is 0.0845. The van der Waals surface area contributed by atoms with E-state index < -0.39 is 0 Å². The molecule has 1 N–H and O–H groups in total. The van der Waals surface area contributed by atoms with Crippen LogP contribution < -0.4 is 4.90 Å². The Bertz CT molecular complexity index is 776. The number of hydrogen-bond acceptors (Lipinski definition) is 4. The molecule has 2 aromatic carbocycles. The number of benzene rings is 2. The van der Waals surface area contributed by atoms with Gasteiger partial charge in [0.15, 0.2) is 0 Å². The molecule has 5 nitrogen and oxygen atoms in total. The van der Waals surface area contributed by atoms with Crippen LogP contribution in [-0.4, -0.2) is 34.2 Å². The number of aryl methyl sites for hydroxylation is 2. The van der Waals surface area contributed by atoms with Gasteiger partial charge in [-0.2, -0.15) is 0 Å². The average Bonchev–Trinajstić information content (AvgIpc) is 3.09. The second kappa shape index (κ2) is 7.27. The fourth-order valence-electron chi connectivity index (χ4n) is 2.53. The van der Waals surface area contributed by atoms with Crippen molar-refractivity contribution in [3.05, 3.63) is 71.5 Å².